The molecule has 1 aliphatic heterocycles. The molecule has 0 aromatic carbocycles. The van der Waals surface area contributed by atoms with Gasteiger partial charge in [0.2, 0.25) is 0 Å². The number of rotatable bonds is 4. The van der Waals surface area contributed by atoms with Crippen LogP contribution in [0.4, 0.5) is 13.9 Å². The normalized spacial score (nSPS) is 19.8. The maximum atomic E-state index is 14.6. The summed E-state index contributed by atoms with van der Waals surface area (Å²) in [6, 6.07) is -0.768. The minimum absolute atomic E-state index is 0.00787. The second kappa shape index (κ2) is 7.81. The van der Waals surface area contributed by atoms with E-state index in [4.69, 9.17) is 11.6 Å². The van der Waals surface area contributed by atoms with Gasteiger partial charge in [-0.15, -0.1) is 0 Å². The van der Waals surface area contributed by atoms with Gasteiger partial charge in [0.1, 0.15) is 16.7 Å². The second-order valence-corrected chi connectivity index (χ2v) is 7.47. The molecule has 0 aliphatic carbocycles. The summed E-state index contributed by atoms with van der Waals surface area (Å²) in [6.07, 6.45) is 0.296. The topological polar surface area (TPSA) is 87.3 Å². The molecule has 1 fully saturated rings. The molecule has 0 bridgehead atoms. The first-order chi connectivity index (χ1) is 12.8. The number of aryl methyl sites for hydroxylation is 1. The molecule has 2 N–H and O–H groups in total. The molecule has 0 radical (unpaired) electrons. The Hall–Kier alpha value is -2.20. The number of H-pyrrole nitrogens is 1. The largest absolute Gasteiger partial charge is 0.465 e. The summed E-state index contributed by atoms with van der Waals surface area (Å²) in [6.45, 7) is 1.95. The summed E-state index contributed by atoms with van der Waals surface area (Å²) in [5, 5.41) is 2.85. The number of halogens is 3. The smallest absolute Gasteiger partial charge is 0.349 e. The number of piperidine rings is 1. The van der Waals surface area contributed by atoms with Crippen LogP contribution in [0.3, 0.4) is 0 Å². The van der Waals surface area contributed by atoms with E-state index in [0.717, 1.165) is 11.3 Å². The first kappa shape index (κ1) is 19.6. The van der Waals surface area contributed by atoms with Crippen LogP contribution >= 0.6 is 22.9 Å². The molecule has 146 valence electrons. The van der Waals surface area contributed by atoms with Gasteiger partial charge in [0.05, 0.1) is 30.9 Å². The van der Waals surface area contributed by atoms with Gasteiger partial charge >= 0.3 is 5.97 Å². The highest BCUT2D eigenvalue weighted by molar-refractivity contribution is 7.17. The van der Waals surface area contributed by atoms with Crippen molar-refractivity contribution in [2.24, 2.45) is 0 Å². The van der Waals surface area contributed by atoms with Gasteiger partial charge < -0.3 is 19.9 Å². The number of carbonyl (C=O) groups is 2. The third kappa shape index (κ3) is 3.91. The van der Waals surface area contributed by atoms with Crippen LogP contribution in [-0.2, 0) is 4.74 Å². The fourth-order valence-corrected chi connectivity index (χ4v) is 3.83. The van der Waals surface area contributed by atoms with Crippen molar-refractivity contribution < 1.29 is 23.1 Å². The SMILES string of the molecule is COC(=O)c1cnc(N2CC[C@@H](NC(=O)c3[nH]c(C)c(Cl)c3F)[C@@H](F)C2)s1. The van der Waals surface area contributed by atoms with Crippen molar-refractivity contribution in [1.82, 2.24) is 15.3 Å². The molecule has 0 unspecified atom stereocenters. The minimum atomic E-state index is -1.39. The highest BCUT2D eigenvalue weighted by atomic mass is 35.5. The zero-order chi connectivity index (χ0) is 19.7. The lowest BCUT2D eigenvalue weighted by Gasteiger charge is -2.34. The van der Waals surface area contributed by atoms with Crippen LogP contribution in [0.2, 0.25) is 5.02 Å². The van der Waals surface area contributed by atoms with Crippen molar-refractivity contribution in [3.8, 4) is 0 Å². The van der Waals surface area contributed by atoms with E-state index in [-0.39, 0.29) is 17.3 Å². The first-order valence-corrected chi connectivity index (χ1v) is 9.28. The van der Waals surface area contributed by atoms with Gasteiger partial charge in [0, 0.05) is 12.2 Å². The zero-order valence-corrected chi connectivity index (χ0v) is 16.1. The van der Waals surface area contributed by atoms with Crippen LogP contribution in [0.15, 0.2) is 6.20 Å². The van der Waals surface area contributed by atoms with Gasteiger partial charge in [-0.05, 0) is 13.3 Å². The van der Waals surface area contributed by atoms with E-state index in [1.807, 2.05) is 0 Å². The zero-order valence-electron chi connectivity index (χ0n) is 14.5. The van der Waals surface area contributed by atoms with Gasteiger partial charge in [0.15, 0.2) is 10.9 Å². The number of methoxy groups -OCH3 is 1. The van der Waals surface area contributed by atoms with Crippen LogP contribution in [0.5, 0.6) is 0 Å². The molecule has 27 heavy (non-hydrogen) atoms. The summed E-state index contributed by atoms with van der Waals surface area (Å²) in [4.78, 5) is 32.4. The van der Waals surface area contributed by atoms with Gasteiger partial charge in [-0.2, -0.15) is 0 Å². The van der Waals surface area contributed by atoms with E-state index in [9.17, 15) is 18.4 Å². The number of carbonyl (C=O) groups excluding carboxylic acids is 2. The van der Waals surface area contributed by atoms with Crippen LogP contribution in [0, 0.1) is 12.7 Å². The van der Waals surface area contributed by atoms with E-state index in [2.05, 4.69) is 20.0 Å². The number of aromatic amines is 1. The fourth-order valence-electron chi connectivity index (χ4n) is 2.82. The van der Waals surface area contributed by atoms with Crippen molar-refractivity contribution in [2.75, 3.05) is 25.1 Å². The molecule has 1 aliphatic rings. The minimum Gasteiger partial charge on any atom is -0.465 e. The van der Waals surface area contributed by atoms with Crippen molar-refractivity contribution >= 4 is 39.9 Å². The molecular formula is C16H17ClF2N4O3S. The summed E-state index contributed by atoms with van der Waals surface area (Å²) in [5.41, 5.74) is 0.0193. The Balaban J connectivity index is 1.63. The van der Waals surface area contributed by atoms with Gasteiger partial charge in [-0.1, -0.05) is 22.9 Å². The van der Waals surface area contributed by atoms with Gasteiger partial charge in [-0.3, -0.25) is 4.79 Å². The third-order valence-electron chi connectivity index (χ3n) is 4.29. The average molecular weight is 419 g/mol. The molecule has 2 atom stereocenters. The van der Waals surface area contributed by atoms with Crippen molar-refractivity contribution in [1.29, 1.82) is 0 Å². The molecule has 3 rings (SSSR count). The maximum Gasteiger partial charge on any atom is 0.349 e. The number of ether oxygens (including phenoxy) is 1. The molecule has 7 nitrogen and oxygen atoms in total. The van der Waals surface area contributed by atoms with E-state index >= 15 is 0 Å². The lowest BCUT2D eigenvalue weighted by molar-refractivity contribution is 0.0606. The number of thiazole rings is 1. The summed E-state index contributed by atoms with van der Waals surface area (Å²) < 4.78 is 33.1. The Morgan fingerprint density at radius 2 is 2.26 bits per heavy atom. The van der Waals surface area contributed by atoms with Gasteiger partial charge in [-0.25, -0.2) is 18.6 Å². The highest BCUT2D eigenvalue weighted by Gasteiger charge is 2.33. The Bertz CT molecular complexity index is 872. The number of hydrogen-bond acceptors (Lipinski definition) is 6. The van der Waals surface area contributed by atoms with Crippen LogP contribution in [0.1, 0.15) is 32.3 Å². The summed E-state index contributed by atoms with van der Waals surface area (Å²) in [5.74, 6) is -2.09. The number of anilines is 1. The quantitative estimate of drug-likeness (QED) is 0.745. The molecule has 2 aromatic rings. The van der Waals surface area contributed by atoms with Crippen LogP contribution in [-0.4, -0.2) is 54.3 Å². The molecule has 11 heteroatoms. The predicted octanol–water partition coefficient (Wildman–Crippen LogP) is 2.71. The van der Waals surface area contributed by atoms with Crippen molar-refractivity contribution in [3.63, 3.8) is 0 Å². The fraction of sp³-hybridized carbons (Fsp3) is 0.438. The second-order valence-electron chi connectivity index (χ2n) is 6.08. The first-order valence-electron chi connectivity index (χ1n) is 8.09. The predicted molar refractivity (Wildman–Crippen MR) is 96.9 cm³/mol. The van der Waals surface area contributed by atoms with E-state index in [1.54, 1.807) is 4.90 Å². The Labute approximate surface area is 162 Å². The monoisotopic (exact) mass is 418 g/mol. The van der Waals surface area contributed by atoms with Crippen molar-refractivity contribution in [2.45, 2.75) is 25.6 Å². The standard InChI is InChI=1S/C16H17ClF2N4O3S/c1-7-11(17)12(19)13(21-7)14(24)22-9-3-4-23(6-8(9)18)16-20-5-10(27-16)15(25)26-2/h5,8-9,21H,3-4,6H2,1-2H3,(H,22,24)/t8-,9+/m0/s1. The lowest BCUT2D eigenvalue weighted by Crippen LogP contribution is -2.52. The van der Waals surface area contributed by atoms with Crippen molar-refractivity contribution in [3.05, 3.63) is 33.3 Å². The van der Waals surface area contributed by atoms with E-state index in [0.29, 0.717) is 28.7 Å². The van der Waals surface area contributed by atoms with E-state index < -0.39 is 29.9 Å². The molecule has 0 spiro atoms. The lowest BCUT2D eigenvalue weighted by atomic mass is 10.0. The number of aromatic nitrogens is 2. The molecule has 3 heterocycles. The van der Waals surface area contributed by atoms with E-state index in [1.165, 1.54) is 20.2 Å². The van der Waals surface area contributed by atoms with Crippen LogP contribution in [0.25, 0.3) is 0 Å². The summed E-state index contributed by atoms with van der Waals surface area (Å²) in [7, 11) is 1.27. The molecule has 2 aromatic heterocycles. The average Bonchev–Trinajstić information content (AvgIpc) is 3.24. The Kier molecular flexibility index (Phi) is 5.66. The number of esters is 1. The summed E-state index contributed by atoms with van der Waals surface area (Å²) >= 11 is 6.84. The number of alkyl halides is 1. The molecule has 1 saturated heterocycles. The number of amides is 1. The number of hydrogen-bond donors (Lipinski definition) is 2. The molecule has 0 saturated carbocycles. The molecular weight excluding hydrogens is 402 g/mol. The number of nitrogens with zero attached hydrogens (tertiary/aromatic N) is 2. The Morgan fingerprint density at radius 1 is 1.52 bits per heavy atom. The maximum absolute atomic E-state index is 14.6. The van der Waals surface area contributed by atoms with Gasteiger partial charge in [0.25, 0.3) is 5.91 Å². The third-order valence-corrected chi connectivity index (χ3v) is 5.78. The number of nitrogens with one attached hydrogen (secondary N) is 2. The highest BCUT2D eigenvalue weighted by Crippen LogP contribution is 2.27. The molecule has 1 amide bonds. The Morgan fingerprint density at radius 3 is 2.85 bits per heavy atom. The van der Waals surface area contributed by atoms with Crippen LogP contribution < -0.4 is 10.2 Å².